The summed E-state index contributed by atoms with van der Waals surface area (Å²) in [5.41, 5.74) is 2.21. The van der Waals surface area contributed by atoms with Crippen molar-refractivity contribution in [2.75, 3.05) is 6.61 Å². The number of unbranched alkanes of at least 4 members (excludes halogenated alkanes) is 3. The van der Waals surface area contributed by atoms with Crippen molar-refractivity contribution in [3.8, 4) is 0 Å². The molecule has 0 saturated heterocycles. The van der Waals surface area contributed by atoms with Gasteiger partial charge in [0.2, 0.25) is 0 Å². The minimum atomic E-state index is -2.06. The zero-order valence-corrected chi connectivity index (χ0v) is 27.9. The Morgan fingerprint density at radius 1 is 0.973 bits per heavy atom. The summed E-state index contributed by atoms with van der Waals surface area (Å²) in [5, 5.41) is 1.34. The molecule has 0 heterocycles. The van der Waals surface area contributed by atoms with Gasteiger partial charge in [0, 0.05) is 0 Å². The van der Waals surface area contributed by atoms with Gasteiger partial charge in [0.15, 0.2) is 0 Å². The predicted octanol–water partition coefficient (Wildman–Crippen LogP) is 9.52. The van der Waals surface area contributed by atoms with E-state index in [-0.39, 0.29) is 0 Å². The second-order valence-electron chi connectivity index (χ2n) is 11.7. The first kappa shape index (κ1) is 31.8. The van der Waals surface area contributed by atoms with E-state index < -0.39 is 33.3 Å². The van der Waals surface area contributed by atoms with E-state index in [0.29, 0.717) is 6.42 Å². The second kappa shape index (κ2) is 14.6. The van der Waals surface area contributed by atoms with E-state index in [0.717, 1.165) is 17.9 Å². The van der Waals surface area contributed by atoms with E-state index in [1.54, 1.807) is 0 Å². The average molecular weight is 586 g/mol. The molecule has 0 aromatic heterocycles. The van der Waals surface area contributed by atoms with Crippen LogP contribution < -0.4 is 0 Å². The standard InChI is InChI=1S/C31H51GeNO3Si/c1-9-37(10-2,11-3)35-25-15-13-12-14-24-32(7,8)28-20-22-29(23-21-28)33-30(34)36-31(5,6)27-18-16-26(4)17-19-27/h16-22H,9-15,23-25H2,1-8H3/b33-29+. The molecule has 0 saturated carbocycles. The van der Waals surface area contributed by atoms with E-state index in [1.165, 1.54) is 59.0 Å². The van der Waals surface area contributed by atoms with Gasteiger partial charge in [-0.3, -0.25) is 0 Å². The molecule has 4 nitrogen and oxygen atoms in total. The molecule has 2 rings (SSSR count). The van der Waals surface area contributed by atoms with Crippen molar-refractivity contribution in [3.05, 3.63) is 58.0 Å². The molecular formula is C31H51GeNO3Si. The monoisotopic (exact) mass is 587 g/mol. The van der Waals surface area contributed by atoms with Gasteiger partial charge >= 0.3 is 224 Å². The van der Waals surface area contributed by atoms with Crippen LogP contribution in [0.3, 0.4) is 0 Å². The Morgan fingerprint density at radius 2 is 1.59 bits per heavy atom. The number of benzene rings is 1. The SMILES string of the molecule is CC[Si](CC)(CC)OCCCCC[CH2][Ge]([CH3])([CH3])[C]1=CC/C(=N/C(=O)OC(C)(C)c2ccc(C)cc2)C=C1. The number of aliphatic imine (C=N–C) groups is 1. The van der Waals surface area contributed by atoms with Crippen LogP contribution >= 0.6 is 0 Å². The summed E-state index contributed by atoms with van der Waals surface area (Å²) in [4.78, 5) is 16.8. The Labute approximate surface area is 230 Å². The zero-order valence-electron chi connectivity index (χ0n) is 24.8. The molecule has 1 aliphatic rings. The van der Waals surface area contributed by atoms with Crippen molar-refractivity contribution >= 4 is 33.4 Å². The van der Waals surface area contributed by atoms with Gasteiger partial charge in [0.1, 0.15) is 0 Å². The van der Waals surface area contributed by atoms with E-state index in [9.17, 15) is 4.79 Å². The Morgan fingerprint density at radius 3 is 2.16 bits per heavy atom. The van der Waals surface area contributed by atoms with Crippen LogP contribution in [-0.4, -0.2) is 40.0 Å². The number of hydrogen-bond donors (Lipinski definition) is 0. The van der Waals surface area contributed by atoms with E-state index in [1.807, 2.05) is 51.1 Å². The van der Waals surface area contributed by atoms with Crippen LogP contribution in [0.4, 0.5) is 4.79 Å². The number of ether oxygens (including phenoxy) is 1. The summed E-state index contributed by atoms with van der Waals surface area (Å²) in [6, 6.07) is 11.8. The van der Waals surface area contributed by atoms with Crippen molar-refractivity contribution in [2.45, 2.75) is 114 Å². The van der Waals surface area contributed by atoms with Crippen molar-refractivity contribution in [1.82, 2.24) is 0 Å². The second-order valence-corrected chi connectivity index (χ2v) is 26.6. The maximum absolute atomic E-state index is 12.5. The van der Waals surface area contributed by atoms with E-state index in [4.69, 9.17) is 9.16 Å². The Hall–Kier alpha value is -1.44. The van der Waals surface area contributed by atoms with Crippen LogP contribution in [0.1, 0.15) is 77.8 Å². The van der Waals surface area contributed by atoms with Crippen molar-refractivity contribution < 1.29 is 14.0 Å². The summed E-state index contributed by atoms with van der Waals surface area (Å²) >= 11 is -2.06. The number of amides is 1. The fourth-order valence-electron chi connectivity index (χ4n) is 5.01. The molecule has 6 heteroatoms. The van der Waals surface area contributed by atoms with Crippen molar-refractivity contribution in [1.29, 1.82) is 0 Å². The van der Waals surface area contributed by atoms with Crippen LogP contribution in [0.5, 0.6) is 0 Å². The number of aryl methyl sites for hydroxylation is 1. The van der Waals surface area contributed by atoms with Gasteiger partial charge in [-0.1, -0.05) is 0 Å². The molecule has 0 atom stereocenters. The molecule has 1 aliphatic carbocycles. The molecule has 37 heavy (non-hydrogen) atoms. The Bertz CT molecular complexity index is 951. The molecule has 0 fully saturated rings. The Balaban J connectivity index is 1.77. The average Bonchev–Trinajstić information content (AvgIpc) is 2.86. The molecule has 0 bridgehead atoms. The summed E-state index contributed by atoms with van der Waals surface area (Å²) in [5.74, 6) is 5.01. The van der Waals surface area contributed by atoms with Gasteiger partial charge in [0.25, 0.3) is 0 Å². The van der Waals surface area contributed by atoms with Crippen LogP contribution in [0, 0.1) is 6.92 Å². The van der Waals surface area contributed by atoms with Crippen molar-refractivity contribution in [2.24, 2.45) is 4.99 Å². The molecule has 0 aliphatic heterocycles. The predicted molar refractivity (Wildman–Crippen MR) is 164 cm³/mol. The fraction of sp³-hybridized carbons (Fsp3) is 0.613. The molecular weight excluding hydrogens is 535 g/mol. The summed E-state index contributed by atoms with van der Waals surface area (Å²) in [6.07, 6.45) is 11.8. The maximum atomic E-state index is 12.5. The first-order valence-corrected chi connectivity index (χ1v) is 23.6. The quantitative estimate of drug-likeness (QED) is 0.161. The topological polar surface area (TPSA) is 47.9 Å². The summed E-state index contributed by atoms with van der Waals surface area (Å²) < 4.78 is 13.6. The molecule has 0 radical (unpaired) electrons. The van der Waals surface area contributed by atoms with E-state index >= 15 is 0 Å². The van der Waals surface area contributed by atoms with Crippen LogP contribution in [0.2, 0.25) is 34.9 Å². The third-order valence-electron chi connectivity index (χ3n) is 8.13. The molecule has 0 spiro atoms. The van der Waals surface area contributed by atoms with Crippen LogP contribution in [-0.2, 0) is 14.8 Å². The van der Waals surface area contributed by atoms with E-state index in [2.05, 4.69) is 49.4 Å². The first-order valence-electron chi connectivity index (χ1n) is 14.4. The number of allylic oxidation sites excluding steroid dienone is 4. The zero-order chi connectivity index (χ0) is 27.5. The number of hydrogen-bond acceptors (Lipinski definition) is 3. The normalized spacial score (nSPS) is 15.7. The summed E-state index contributed by atoms with van der Waals surface area (Å²) in [7, 11) is -1.43. The van der Waals surface area contributed by atoms with Gasteiger partial charge in [-0.05, 0) is 6.92 Å². The van der Waals surface area contributed by atoms with Gasteiger partial charge in [0.05, 0.1) is 0 Å². The molecule has 0 unspecified atom stereocenters. The van der Waals surface area contributed by atoms with Gasteiger partial charge in [-0.25, -0.2) is 0 Å². The minimum absolute atomic E-state index is 0.524. The van der Waals surface area contributed by atoms with Crippen LogP contribution in [0.25, 0.3) is 0 Å². The van der Waals surface area contributed by atoms with Gasteiger partial charge < -0.3 is 0 Å². The van der Waals surface area contributed by atoms with Gasteiger partial charge in [-0.2, -0.15) is 0 Å². The number of rotatable bonds is 14. The molecule has 1 aromatic carbocycles. The molecule has 206 valence electrons. The van der Waals surface area contributed by atoms with Crippen LogP contribution in [0.15, 0.2) is 51.9 Å². The fourth-order valence-corrected chi connectivity index (χ4v) is 13.2. The summed E-state index contributed by atoms with van der Waals surface area (Å²) in [6.45, 7) is 13.7. The Kier molecular flexibility index (Phi) is 12.6. The molecule has 1 amide bonds. The van der Waals surface area contributed by atoms with Crippen molar-refractivity contribution in [3.63, 3.8) is 0 Å². The first-order chi connectivity index (χ1) is 17.5. The van der Waals surface area contributed by atoms with Gasteiger partial charge in [-0.15, -0.1) is 0 Å². The molecule has 0 N–H and O–H groups in total. The molecule has 1 aromatic rings. The third-order valence-corrected chi connectivity index (χ3v) is 20.2. The third kappa shape index (κ3) is 9.99. The number of carbonyl (C=O) groups is 1. The number of carbonyl (C=O) groups excluding carboxylic acids is 1. The number of nitrogens with zero attached hydrogens (tertiary/aromatic N) is 1.